The Bertz CT molecular complexity index is 791. The fourth-order valence-corrected chi connectivity index (χ4v) is 2.39. The van der Waals surface area contributed by atoms with Gasteiger partial charge in [0.25, 0.3) is 5.56 Å². The van der Waals surface area contributed by atoms with Crippen LogP contribution in [0.4, 0.5) is 5.95 Å². The third kappa shape index (κ3) is 1.89. The minimum atomic E-state index is -1.48. The van der Waals surface area contributed by atoms with Crippen LogP contribution in [0.2, 0.25) is 0 Å². The molecule has 110 valence electrons. The van der Waals surface area contributed by atoms with Crippen LogP contribution in [0.3, 0.4) is 0 Å². The van der Waals surface area contributed by atoms with Gasteiger partial charge in [0, 0.05) is 6.42 Å². The van der Waals surface area contributed by atoms with Crippen molar-refractivity contribution in [3.8, 4) is 12.3 Å². The molecule has 1 aliphatic heterocycles. The lowest BCUT2D eigenvalue weighted by atomic mass is 9.99. The summed E-state index contributed by atoms with van der Waals surface area (Å²) in [5, 5.41) is 19.4. The molecule has 0 amide bonds. The normalized spacial score (nSPS) is 28.8. The summed E-state index contributed by atoms with van der Waals surface area (Å²) in [6, 6.07) is 0. The number of ether oxygens (including phenoxy) is 1. The Labute approximate surface area is 118 Å². The molecule has 1 aliphatic rings. The smallest absolute Gasteiger partial charge is 0.280 e. The van der Waals surface area contributed by atoms with Crippen LogP contribution in [0.15, 0.2) is 11.1 Å². The highest BCUT2D eigenvalue weighted by atomic mass is 16.6. The summed E-state index contributed by atoms with van der Waals surface area (Å²) in [5.41, 5.74) is 3.89. The fraction of sp³-hybridized carbons (Fsp3) is 0.417. The maximum Gasteiger partial charge on any atom is 0.280 e. The third-order valence-electron chi connectivity index (χ3n) is 3.55. The molecule has 5 N–H and O–H groups in total. The minimum Gasteiger partial charge on any atom is -0.392 e. The lowest BCUT2D eigenvalue weighted by Crippen LogP contribution is -2.41. The second-order valence-corrected chi connectivity index (χ2v) is 4.79. The predicted molar refractivity (Wildman–Crippen MR) is 72.0 cm³/mol. The highest BCUT2D eigenvalue weighted by Crippen LogP contribution is 2.37. The van der Waals surface area contributed by atoms with Gasteiger partial charge < -0.3 is 20.7 Å². The van der Waals surface area contributed by atoms with Crippen molar-refractivity contribution in [1.82, 2.24) is 19.5 Å². The van der Waals surface area contributed by atoms with E-state index >= 15 is 0 Å². The molecule has 3 atom stereocenters. The number of H-pyrrole nitrogens is 1. The zero-order chi connectivity index (χ0) is 15.2. The monoisotopic (exact) mass is 291 g/mol. The number of aromatic amines is 1. The predicted octanol–water partition coefficient (Wildman–Crippen LogP) is -1.65. The van der Waals surface area contributed by atoms with Crippen molar-refractivity contribution in [1.29, 1.82) is 0 Å². The van der Waals surface area contributed by atoms with Gasteiger partial charge in [0.15, 0.2) is 16.8 Å². The maximum absolute atomic E-state index is 11.7. The number of aliphatic hydroxyl groups excluding tert-OH is 2. The summed E-state index contributed by atoms with van der Waals surface area (Å²) < 4.78 is 7.04. The van der Waals surface area contributed by atoms with E-state index in [1.165, 1.54) is 10.9 Å². The van der Waals surface area contributed by atoms with Gasteiger partial charge in [-0.2, -0.15) is 4.98 Å². The van der Waals surface area contributed by atoms with E-state index in [-0.39, 0.29) is 23.5 Å². The summed E-state index contributed by atoms with van der Waals surface area (Å²) in [6.45, 7) is -0.524. The van der Waals surface area contributed by atoms with Gasteiger partial charge in [0.1, 0.15) is 12.3 Å². The lowest BCUT2D eigenvalue weighted by Gasteiger charge is -2.23. The molecule has 0 spiro atoms. The molecule has 0 unspecified atom stereocenters. The number of rotatable bonds is 2. The van der Waals surface area contributed by atoms with Crippen LogP contribution in [-0.4, -0.2) is 48.0 Å². The Hall–Kier alpha value is -2.41. The quantitative estimate of drug-likeness (QED) is 0.486. The first kappa shape index (κ1) is 13.6. The average molecular weight is 291 g/mol. The molecule has 0 bridgehead atoms. The number of nitrogen functional groups attached to an aromatic ring is 1. The first-order valence-electron chi connectivity index (χ1n) is 6.17. The second-order valence-electron chi connectivity index (χ2n) is 4.79. The van der Waals surface area contributed by atoms with E-state index in [0.29, 0.717) is 0 Å². The number of aliphatic hydroxyl groups is 2. The van der Waals surface area contributed by atoms with Crippen molar-refractivity contribution in [3.05, 3.63) is 16.7 Å². The number of nitrogens with zero attached hydrogens (tertiary/aromatic N) is 3. The molecular weight excluding hydrogens is 278 g/mol. The highest BCUT2D eigenvalue weighted by Gasteiger charge is 2.47. The third-order valence-corrected chi connectivity index (χ3v) is 3.55. The second kappa shape index (κ2) is 4.56. The molecule has 3 heterocycles. The molecule has 0 aromatic carbocycles. The van der Waals surface area contributed by atoms with Crippen molar-refractivity contribution in [2.45, 2.75) is 24.4 Å². The van der Waals surface area contributed by atoms with Crippen LogP contribution < -0.4 is 11.3 Å². The van der Waals surface area contributed by atoms with Gasteiger partial charge in [-0.05, 0) is 0 Å². The van der Waals surface area contributed by atoms with E-state index in [2.05, 4.69) is 20.9 Å². The van der Waals surface area contributed by atoms with Gasteiger partial charge >= 0.3 is 0 Å². The van der Waals surface area contributed by atoms with Crippen LogP contribution in [-0.2, 0) is 4.74 Å². The van der Waals surface area contributed by atoms with Crippen molar-refractivity contribution in [2.24, 2.45) is 0 Å². The van der Waals surface area contributed by atoms with E-state index in [1.54, 1.807) is 0 Å². The SMILES string of the molecule is C#C[C@]1(CO)O[C@H](n2cnc3c(=O)[nH]c(N)nc32)C[C@@H]1O. The van der Waals surface area contributed by atoms with Crippen LogP contribution in [0.25, 0.3) is 11.2 Å². The van der Waals surface area contributed by atoms with Gasteiger partial charge in [-0.1, -0.05) is 5.92 Å². The van der Waals surface area contributed by atoms with E-state index in [9.17, 15) is 15.0 Å². The molecule has 9 heteroatoms. The number of imidazole rings is 1. The fourth-order valence-electron chi connectivity index (χ4n) is 2.39. The molecule has 2 aromatic heterocycles. The first-order valence-corrected chi connectivity index (χ1v) is 6.17. The van der Waals surface area contributed by atoms with Crippen LogP contribution in [0.5, 0.6) is 0 Å². The molecule has 3 rings (SSSR count). The summed E-state index contributed by atoms with van der Waals surface area (Å²) in [4.78, 5) is 22.0. The van der Waals surface area contributed by atoms with Crippen molar-refractivity contribution in [2.75, 3.05) is 12.3 Å². The molecular formula is C12H13N5O4. The van der Waals surface area contributed by atoms with Crippen LogP contribution >= 0.6 is 0 Å². The number of anilines is 1. The van der Waals surface area contributed by atoms with E-state index in [4.69, 9.17) is 16.9 Å². The molecule has 9 nitrogen and oxygen atoms in total. The number of hydrogen-bond donors (Lipinski definition) is 4. The van der Waals surface area contributed by atoms with Gasteiger partial charge in [0.2, 0.25) is 5.95 Å². The number of hydrogen-bond acceptors (Lipinski definition) is 7. The average Bonchev–Trinajstić information content (AvgIpc) is 3.00. The molecule has 0 saturated carbocycles. The van der Waals surface area contributed by atoms with E-state index in [1.807, 2.05) is 0 Å². The minimum absolute atomic E-state index is 0.0573. The Balaban J connectivity index is 2.07. The Morgan fingerprint density at radius 3 is 3.10 bits per heavy atom. The van der Waals surface area contributed by atoms with Gasteiger partial charge in [0.05, 0.1) is 12.9 Å². The standard InChI is InChI=1S/C12H13N5O4/c1-2-12(4-18)6(19)3-7(21-12)17-5-14-8-9(17)15-11(13)16-10(8)20/h1,5-7,18-19H,3-4H2,(H3,13,15,16,20)/t6-,7-,12+/m0/s1. The molecule has 0 radical (unpaired) electrons. The Morgan fingerprint density at radius 1 is 1.71 bits per heavy atom. The molecule has 1 saturated heterocycles. The van der Waals surface area contributed by atoms with Crippen LogP contribution in [0, 0.1) is 12.3 Å². The largest absolute Gasteiger partial charge is 0.392 e. The van der Waals surface area contributed by atoms with Crippen molar-refractivity contribution in [3.63, 3.8) is 0 Å². The highest BCUT2D eigenvalue weighted by molar-refractivity contribution is 5.70. The summed E-state index contributed by atoms with van der Waals surface area (Å²) in [6.07, 6.45) is 5.07. The van der Waals surface area contributed by atoms with Crippen molar-refractivity contribution < 1.29 is 14.9 Å². The van der Waals surface area contributed by atoms with Gasteiger partial charge in [-0.25, -0.2) is 4.98 Å². The topological polar surface area (TPSA) is 139 Å². The van der Waals surface area contributed by atoms with Crippen molar-refractivity contribution >= 4 is 17.1 Å². The maximum atomic E-state index is 11.7. The summed E-state index contributed by atoms with van der Waals surface area (Å²) in [5.74, 6) is 2.21. The molecule has 2 aromatic rings. The van der Waals surface area contributed by atoms with Gasteiger partial charge in [-0.15, -0.1) is 6.42 Å². The summed E-state index contributed by atoms with van der Waals surface area (Å²) in [7, 11) is 0. The summed E-state index contributed by atoms with van der Waals surface area (Å²) >= 11 is 0. The molecule has 0 aliphatic carbocycles. The first-order chi connectivity index (χ1) is 10.0. The molecule has 21 heavy (non-hydrogen) atoms. The number of terminal acetylenes is 1. The van der Waals surface area contributed by atoms with Crippen LogP contribution in [0.1, 0.15) is 12.6 Å². The Morgan fingerprint density at radius 2 is 2.48 bits per heavy atom. The van der Waals surface area contributed by atoms with E-state index in [0.717, 1.165) is 0 Å². The number of fused-ring (bicyclic) bond motifs is 1. The number of nitrogens with one attached hydrogen (secondary N) is 1. The van der Waals surface area contributed by atoms with E-state index < -0.39 is 30.1 Å². The zero-order valence-electron chi connectivity index (χ0n) is 10.9. The lowest BCUT2D eigenvalue weighted by molar-refractivity contribution is -0.0891. The molecule has 1 fully saturated rings. The Kier molecular flexibility index (Phi) is 2.94. The number of nitrogens with two attached hydrogens (primary N) is 1. The number of aromatic nitrogens is 4. The van der Waals surface area contributed by atoms with Gasteiger partial charge in [-0.3, -0.25) is 14.3 Å². The zero-order valence-corrected chi connectivity index (χ0v) is 10.9.